The topological polar surface area (TPSA) is 15.9 Å². The summed E-state index contributed by atoms with van der Waals surface area (Å²) in [4.78, 5) is 0. The molecule has 0 radical (unpaired) electrons. The maximum atomic E-state index is 3.80. The second-order valence-corrected chi connectivity index (χ2v) is 3.42. The molecule has 0 amide bonds. The molecule has 0 aliphatic rings. The third-order valence-corrected chi connectivity index (χ3v) is 1.99. The van der Waals surface area contributed by atoms with Crippen LogP contribution in [0.1, 0.15) is 13.8 Å². The van der Waals surface area contributed by atoms with Crippen LogP contribution >= 0.6 is 0 Å². The third kappa shape index (κ3) is 2.90. The number of hydrogen-bond donors (Lipinski definition) is 1. The van der Waals surface area contributed by atoms with E-state index in [1.165, 1.54) is 0 Å². The third-order valence-electron chi connectivity index (χ3n) is 1.99. The highest BCUT2D eigenvalue weighted by Gasteiger charge is 2.11. The molecule has 70 valence electrons. The maximum absolute atomic E-state index is 3.80. The van der Waals surface area contributed by atoms with Crippen molar-refractivity contribution in [3.8, 4) is 0 Å². The number of hydrogen-bond acceptors (Lipinski definition) is 1. The molecule has 1 atom stereocenters. The van der Waals surface area contributed by atoms with E-state index in [1.807, 2.05) is 41.3 Å². The van der Waals surface area contributed by atoms with Gasteiger partial charge in [-0.3, -0.25) is 0 Å². The summed E-state index contributed by atoms with van der Waals surface area (Å²) in [6.07, 6.45) is 5.91. The van der Waals surface area contributed by atoms with Gasteiger partial charge in [0.15, 0.2) is 12.4 Å². The van der Waals surface area contributed by atoms with Crippen LogP contribution in [0.25, 0.3) is 0 Å². The highest BCUT2D eigenvalue weighted by atomic mass is 15.4. The number of nitrogens with zero attached hydrogens (tertiary/aromatic N) is 1. The summed E-state index contributed by atoms with van der Waals surface area (Å²) in [5.41, 5.74) is 3.33. The molecule has 2 heteroatoms. The largest absolute Gasteiger partial charge is 0.199 e. The summed E-state index contributed by atoms with van der Waals surface area (Å²) >= 11 is 0. The molecule has 13 heavy (non-hydrogen) atoms. The number of rotatable bonds is 4. The van der Waals surface area contributed by atoms with Crippen molar-refractivity contribution >= 4 is 0 Å². The highest BCUT2D eigenvalue weighted by molar-refractivity contribution is 4.93. The minimum absolute atomic E-state index is 0.312. The minimum Gasteiger partial charge on any atom is -0.186 e. The zero-order valence-electron chi connectivity index (χ0n) is 8.27. The zero-order chi connectivity index (χ0) is 9.68. The Labute approximate surface area is 79.9 Å². The predicted molar refractivity (Wildman–Crippen MR) is 54.8 cm³/mol. The lowest BCUT2D eigenvalue weighted by Crippen LogP contribution is -2.50. The Hall–Kier alpha value is -1.31. The van der Waals surface area contributed by atoms with Crippen LogP contribution in [0.2, 0.25) is 0 Å². The quantitative estimate of drug-likeness (QED) is 0.547. The molecule has 0 aromatic carbocycles. The Bertz CT molecular complexity index is 254. The van der Waals surface area contributed by atoms with E-state index in [1.54, 1.807) is 0 Å². The van der Waals surface area contributed by atoms with Crippen molar-refractivity contribution in [2.24, 2.45) is 5.92 Å². The van der Waals surface area contributed by atoms with Crippen LogP contribution in [-0.2, 0) is 0 Å². The Morgan fingerprint density at radius 3 is 2.31 bits per heavy atom. The van der Waals surface area contributed by atoms with Crippen molar-refractivity contribution in [2.45, 2.75) is 19.9 Å². The van der Waals surface area contributed by atoms with Gasteiger partial charge >= 0.3 is 0 Å². The number of aromatic nitrogens is 1. The molecule has 1 N–H and O–H groups in total. The Balaban J connectivity index is 2.62. The average molecular weight is 177 g/mol. The van der Waals surface area contributed by atoms with E-state index in [0.29, 0.717) is 12.0 Å². The van der Waals surface area contributed by atoms with Gasteiger partial charge in [0.2, 0.25) is 0 Å². The second kappa shape index (κ2) is 4.65. The van der Waals surface area contributed by atoms with Crippen molar-refractivity contribution in [2.75, 3.05) is 5.43 Å². The van der Waals surface area contributed by atoms with Gasteiger partial charge in [0, 0.05) is 12.1 Å². The lowest BCUT2D eigenvalue weighted by atomic mass is 10.1. The number of nitrogens with one attached hydrogen (secondary N) is 1. The van der Waals surface area contributed by atoms with Crippen LogP contribution in [0.5, 0.6) is 0 Å². The van der Waals surface area contributed by atoms with E-state index in [0.717, 1.165) is 0 Å². The summed E-state index contributed by atoms with van der Waals surface area (Å²) in [5, 5.41) is 0. The molecule has 0 saturated heterocycles. The minimum atomic E-state index is 0.312. The predicted octanol–water partition coefficient (Wildman–Crippen LogP) is 1.73. The van der Waals surface area contributed by atoms with E-state index >= 15 is 0 Å². The molecule has 0 aliphatic carbocycles. The molecule has 0 bridgehead atoms. The lowest BCUT2D eigenvalue weighted by molar-refractivity contribution is -0.653. The van der Waals surface area contributed by atoms with Gasteiger partial charge in [0.1, 0.15) is 6.04 Å². The van der Waals surface area contributed by atoms with Gasteiger partial charge in [-0.15, -0.1) is 6.58 Å². The number of pyridine rings is 1. The molecule has 1 aromatic rings. The Kier molecular flexibility index (Phi) is 3.50. The molecule has 2 nitrogen and oxygen atoms in total. The van der Waals surface area contributed by atoms with E-state index in [4.69, 9.17) is 0 Å². The van der Waals surface area contributed by atoms with Gasteiger partial charge in [-0.25, -0.2) is 0 Å². The van der Waals surface area contributed by atoms with Gasteiger partial charge in [0.25, 0.3) is 0 Å². The van der Waals surface area contributed by atoms with Crippen molar-refractivity contribution in [3.63, 3.8) is 0 Å². The van der Waals surface area contributed by atoms with Crippen LogP contribution in [-0.4, -0.2) is 6.04 Å². The standard InChI is InChI=1S/C11H17N2/c1-4-11(10(2)3)12-13-8-6-5-7-9-13/h4-12H,1H2,2-3H3/q+1/t11-/m0/s1. The molecule has 1 heterocycles. The van der Waals surface area contributed by atoms with E-state index in [-0.39, 0.29) is 0 Å². The monoisotopic (exact) mass is 177 g/mol. The summed E-state index contributed by atoms with van der Waals surface area (Å²) in [6.45, 7) is 8.14. The van der Waals surface area contributed by atoms with E-state index < -0.39 is 0 Å². The van der Waals surface area contributed by atoms with Crippen molar-refractivity contribution < 1.29 is 4.68 Å². The van der Waals surface area contributed by atoms with Gasteiger partial charge in [-0.2, -0.15) is 5.43 Å². The molecule has 0 spiro atoms. The van der Waals surface area contributed by atoms with Crippen LogP contribution in [0, 0.1) is 5.92 Å². The smallest absolute Gasteiger partial charge is 0.186 e. The van der Waals surface area contributed by atoms with Gasteiger partial charge < -0.3 is 0 Å². The molecular formula is C11H17N2+. The fraction of sp³-hybridized carbons (Fsp3) is 0.364. The Morgan fingerprint density at radius 2 is 1.85 bits per heavy atom. The van der Waals surface area contributed by atoms with Crippen LogP contribution in [0.4, 0.5) is 0 Å². The SMILES string of the molecule is C=C[C@H](N[n+]1ccccc1)C(C)C. The van der Waals surface area contributed by atoms with Crippen molar-refractivity contribution in [1.29, 1.82) is 0 Å². The van der Waals surface area contributed by atoms with E-state index in [9.17, 15) is 0 Å². The molecule has 0 unspecified atom stereocenters. The summed E-state index contributed by atoms with van der Waals surface area (Å²) in [6, 6.07) is 6.30. The summed E-state index contributed by atoms with van der Waals surface area (Å²) < 4.78 is 1.95. The van der Waals surface area contributed by atoms with Gasteiger partial charge in [-0.1, -0.05) is 30.7 Å². The summed E-state index contributed by atoms with van der Waals surface area (Å²) in [5.74, 6) is 0.546. The molecule has 0 fully saturated rings. The second-order valence-electron chi connectivity index (χ2n) is 3.42. The first-order valence-corrected chi connectivity index (χ1v) is 4.59. The first-order chi connectivity index (χ1) is 6.24. The molecular weight excluding hydrogens is 160 g/mol. The maximum Gasteiger partial charge on any atom is 0.199 e. The molecule has 1 rings (SSSR count). The molecule has 0 saturated carbocycles. The van der Waals surface area contributed by atoms with Crippen LogP contribution in [0.3, 0.4) is 0 Å². The fourth-order valence-corrected chi connectivity index (χ4v) is 1.13. The first kappa shape index (κ1) is 9.78. The average Bonchev–Trinajstić information content (AvgIpc) is 2.15. The lowest BCUT2D eigenvalue weighted by Gasteiger charge is -2.14. The van der Waals surface area contributed by atoms with Gasteiger partial charge in [-0.05, 0) is 5.92 Å². The van der Waals surface area contributed by atoms with Crippen molar-refractivity contribution in [1.82, 2.24) is 0 Å². The molecule has 1 aromatic heterocycles. The highest BCUT2D eigenvalue weighted by Crippen LogP contribution is 2.01. The molecule has 0 aliphatic heterocycles. The van der Waals surface area contributed by atoms with E-state index in [2.05, 4.69) is 25.9 Å². The van der Waals surface area contributed by atoms with Crippen LogP contribution in [0.15, 0.2) is 43.2 Å². The fourth-order valence-electron chi connectivity index (χ4n) is 1.13. The zero-order valence-corrected chi connectivity index (χ0v) is 8.27. The van der Waals surface area contributed by atoms with Crippen molar-refractivity contribution in [3.05, 3.63) is 43.2 Å². The normalized spacial score (nSPS) is 12.5. The Morgan fingerprint density at radius 1 is 1.23 bits per heavy atom. The van der Waals surface area contributed by atoms with Crippen LogP contribution < -0.4 is 10.1 Å². The summed E-state index contributed by atoms with van der Waals surface area (Å²) in [7, 11) is 0. The first-order valence-electron chi connectivity index (χ1n) is 4.59. The van der Waals surface area contributed by atoms with Gasteiger partial charge in [0.05, 0.1) is 0 Å².